The Hall–Kier alpha value is -0.140. The molecular formula is C3H6F2. The predicted octanol–water partition coefficient (Wildman–Crippen LogP) is 1.66. The topological polar surface area (TPSA) is 0 Å². The van der Waals surface area contributed by atoms with Gasteiger partial charge in [0.15, 0.2) is 0 Å². The minimum absolute atomic E-state index is 3.25. The van der Waals surface area contributed by atoms with Gasteiger partial charge in [0.2, 0.25) is 6.43 Å². The molecule has 0 heterocycles. The predicted molar refractivity (Wildman–Crippen MR) is 16.3 cm³/mol. The molecule has 0 saturated carbocycles. The molecule has 0 aromatic heterocycles. The zero-order valence-corrected chi connectivity index (χ0v) is 2.33. The maximum atomic E-state index is 11.6. The van der Waals surface area contributed by atoms with Crippen molar-refractivity contribution in [3.8, 4) is 0 Å². The number of halogens is 2. The second-order valence-corrected chi connectivity index (χ2v) is 0.445. The highest BCUT2D eigenvalue weighted by Crippen LogP contribution is 1.93. The molecule has 2 heteroatoms. The Kier molecular flexibility index (Phi) is 0.391. The van der Waals surface area contributed by atoms with Crippen molar-refractivity contribution < 1.29 is 15.6 Å². The van der Waals surface area contributed by atoms with E-state index in [1.54, 1.807) is 0 Å². The molecule has 0 aliphatic heterocycles. The molecule has 0 amide bonds. The Labute approximate surface area is 36.8 Å². The molecule has 0 aromatic rings. The lowest BCUT2D eigenvalue weighted by molar-refractivity contribution is 0.144. The van der Waals surface area contributed by atoms with Crippen molar-refractivity contribution in [1.82, 2.24) is 0 Å². The SMILES string of the molecule is [2H]C([2H])([2H])C([2H])([2H])C(F)F. The molecule has 0 bridgehead atoms. The van der Waals surface area contributed by atoms with Gasteiger partial charge in [-0.05, 0) is 0 Å². The molecule has 32 valence electrons. The molecule has 0 N–H and O–H groups in total. The summed E-state index contributed by atoms with van der Waals surface area (Å²) in [7, 11) is 0. The van der Waals surface area contributed by atoms with Crippen LogP contribution in [0.2, 0.25) is 0 Å². The van der Waals surface area contributed by atoms with Crippen molar-refractivity contribution in [2.75, 3.05) is 0 Å². The zero-order chi connectivity index (χ0) is 8.58. The van der Waals surface area contributed by atoms with E-state index in [0.29, 0.717) is 0 Å². The number of alkyl halides is 2. The van der Waals surface area contributed by atoms with E-state index < -0.39 is 19.7 Å². The first kappa shape index (κ1) is 0.922. The van der Waals surface area contributed by atoms with Gasteiger partial charge in [0.05, 0.1) is 0 Å². The summed E-state index contributed by atoms with van der Waals surface area (Å²) < 4.78 is 55.0. The van der Waals surface area contributed by atoms with Crippen molar-refractivity contribution in [3.63, 3.8) is 0 Å². The maximum Gasteiger partial charge on any atom is 0.238 e. The van der Waals surface area contributed by atoms with Gasteiger partial charge < -0.3 is 0 Å². The molecule has 0 rings (SSSR count). The molecule has 0 unspecified atom stereocenters. The van der Waals surface area contributed by atoms with Gasteiger partial charge in [0.25, 0.3) is 0 Å². The number of rotatable bonds is 1. The van der Waals surface area contributed by atoms with Gasteiger partial charge in [-0.1, -0.05) is 6.85 Å². The highest BCUT2D eigenvalue weighted by atomic mass is 19.3. The van der Waals surface area contributed by atoms with Gasteiger partial charge in [0.1, 0.15) is 0 Å². The molecule has 0 aliphatic carbocycles. The molecule has 0 nitrogen and oxygen atoms in total. The first-order valence-corrected chi connectivity index (χ1v) is 0.975. The van der Waals surface area contributed by atoms with Crippen LogP contribution in [-0.4, -0.2) is 6.43 Å². The fourth-order valence-electron chi connectivity index (χ4n) is 0. The highest BCUT2D eigenvalue weighted by Gasteiger charge is 1.91. The van der Waals surface area contributed by atoms with Gasteiger partial charge in [-0.15, -0.1) is 0 Å². The minimum Gasteiger partial charge on any atom is -0.211 e. The van der Waals surface area contributed by atoms with E-state index in [1.807, 2.05) is 0 Å². The van der Waals surface area contributed by atoms with Crippen LogP contribution >= 0.6 is 0 Å². The molecule has 5 heavy (non-hydrogen) atoms. The van der Waals surface area contributed by atoms with E-state index >= 15 is 0 Å². The summed E-state index contributed by atoms with van der Waals surface area (Å²) in [5.74, 6) is 0. The van der Waals surface area contributed by atoms with Gasteiger partial charge >= 0.3 is 0 Å². The van der Waals surface area contributed by atoms with Crippen molar-refractivity contribution >= 4 is 0 Å². The van der Waals surface area contributed by atoms with Crippen molar-refractivity contribution in [2.45, 2.75) is 19.7 Å². The molecule has 0 atom stereocenters. The third kappa shape index (κ3) is 3.86. The second-order valence-electron chi connectivity index (χ2n) is 0.445. The van der Waals surface area contributed by atoms with Crippen molar-refractivity contribution in [2.24, 2.45) is 0 Å². The van der Waals surface area contributed by atoms with Gasteiger partial charge in [-0.3, -0.25) is 0 Å². The summed E-state index contributed by atoms with van der Waals surface area (Å²) >= 11 is 0. The Morgan fingerprint density at radius 2 is 2.80 bits per heavy atom. The normalized spacial score (nSPS) is 29.8. The first-order valence-electron chi connectivity index (χ1n) is 3.48. The van der Waals surface area contributed by atoms with Crippen LogP contribution in [0.1, 0.15) is 20.1 Å². The quantitative estimate of drug-likeness (QED) is 0.454. The Bertz CT molecular complexity index is 117. The molecule has 0 aliphatic rings. The average Bonchev–Trinajstić information content (AvgIpc) is 1.62. The van der Waals surface area contributed by atoms with E-state index in [4.69, 9.17) is 6.85 Å². The van der Waals surface area contributed by atoms with Gasteiger partial charge in [0, 0.05) is 13.2 Å². The third-order valence-electron chi connectivity index (χ3n) is 0.109. The smallest absolute Gasteiger partial charge is 0.211 e. The Balaban J connectivity index is 4.40. The minimum atomic E-state index is -3.47. The summed E-state index contributed by atoms with van der Waals surface area (Å²) in [6.07, 6.45) is -6.87. The van der Waals surface area contributed by atoms with E-state index in [9.17, 15) is 8.78 Å². The molecular weight excluding hydrogens is 74.0 g/mol. The van der Waals surface area contributed by atoms with E-state index in [2.05, 4.69) is 0 Å². The average molecular weight is 85.1 g/mol. The van der Waals surface area contributed by atoms with Crippen LogP contribution in [0.5, 0.6) is 0 Å². The van der Waals surface area contributed by atoms with Crippen LogP contribution in [-0.2, 0) is 0 Å². The van der Waals surface area contributed by atoms with Gasteiger partial charge in [-0.2, -0.15) is 0 Å². The number of hydrogen-bond acceptors (Lipinski definition) is 0. The van der Waals surface area contributed by atoms with Crippen molar-refractivity contribution in [1.29, 1.82) is 0 Å². The second kappa shape index (κ2) is 2.12. The van der Waals surface area contributed by atoms with Crippen molar-refractivity contribution in [3.05, 3.63) is 0 Å². The lowest BCUT2D eigenvalue weighted by Gasteiger charge is -1.81. The van der Waals surface area contributed by atoms with Crippen LogP contribution in [0, 0.1) is 0 Å². The fourth-order valence-corrected chi connectivity index (χ4v) is 0. The molecule has 0 spiro atoms. The standard InChI is InChI=1S/C3H6F2/c1-2-3(4)5/h3H,2H2,1H3/i1D3,2D2. The molecule has 0 fully saturated rings. The highest BCUT2D eigenvalue weighted by molar-refractivity contribution is 4.24. The Morgan fingerprint density at radius 3 is 2.80 bits per heavy atom. The third-order valence-corrected chi connectivity index (χ3v) is 0.109. The van der Waals surface area contributed by atoms with E-state index in [1.165, 1.54) is 0 Å². The monoisotopic (exact) mass is 85.1 g/mol. The molecule has 0 saturated heterocycles. The lowest BCUT2D eigenvalue weighted by atomic mass is 10.5. The fraction of sp³-hybridized carbons (Fsp3) is 1.00. The summed E-state index contributed by atoms with van der Waals surface area (Å²) in [5, 5.41) is 0. The van der Waals surface area contributed by atoms with Crippen LogP contribution in [0.25, 0.3) is 0 Å². The van der Waals surface area contributed by atoms with E-state index in [0.717, 1.165) is 0 Å². The van der Waals surface area contributed by atoms with Crippen LogP contribution < -0.4 is 0 Å². The summed E-state index contributed by atoms with van der Waals surface area (Å²) in [4.78, 5) is 0. The summed E-state index contributed by atoms with van der Waals surface area (Å²) in [6.45, 7) is -3.25. The lowest BCUT2D eigenvalue weighted by Crippen LogP contribution is -1.80. The number of hydrogen-bond donors (Lipinski definition) is 0. The maximum absolute atomic E-state index is 11.6. The largest absolute Gasteiger partial charge is 0.238 e. The van der Waals surface area contributed by atoms with Crippen LogP contribution in [0.4, 0.5) is 8.78 Å². The van der Waals surface area contributed by atoms with E-state index in [-0.39, 0.29) is 0 Å². The molecule has 0 aromatic carbocycles. The first-order chi connectivity index (χ1) is 4.19. The van der Waals surface area contributed by atoms with Crippen LogP contribution in [0.3, 0.4) is 0 Å². The Morgan fingerprint density at radius 1 is 2.20 bits per heavy atom. The summed E-state index contributed by atoms with van der Waals surface area (Å²) in [6, 6.07) is 0. The van der Waals surface area contributed by atoms with Crippen LogP contribution in [0.15, 0.2) is 0 Å². The molecule has 0 radical (unpaired) electrons. The summed E-state index contributed by atoms with van der Waals surface area (Å²) in [5.41, 5.74) is 0. The zero-order valence-electron chi connectivity index (χ0n) is 7.33. The van der Waals surface area contributed by atoms with Gasteiger partial charge in [-0.25, -0.2) is 8.78 Å².